The number of halogens is 1. The predicted molar refractivity (Wildman–Crippen MR) is 78.8 cm³/mol. The maximum atomic E-state index is 6.01. The second kappa shape index (κ2) is 6.54. The zero-order valence-corrected chi connectivity index (χ0v) is 12.4. The maximum Gasteiger partial charge on any atom is 0.158 e. The van der Waals surface area contributed by atoms with E-state index in [2.05, 4.69) is 9.97 Å². The largest absolute Gasteiger partial charge is 0.497 e. The average molecular weight is 294 g/mol. The van der Waals surface area contributed by atoms with Gasteiger partial charge in [-0.05, 0) is 24.3 Å². The van der Waals surface area contributed by atoms with Crippen molar-refractivity contribution in [3.05, 3.63) is 41.3 Å². The van der Waals surface area contributed by atoms with Crippen LogP contribution in [0, 0.1) is 0 Å². The number of benzene rings is 1. The third kappa shape index (κ3) is 3.37. The number of rotatable bonds is 5. The lowest BCUT2D eigenvalue weighted by molar-refractivity contribution is 0.178. The molecule has 5 nitrogen and oxygen atoms in total. The second-order valence-electron chi connectivity index (χ2n) is 4.16. The highest BCUT2D eigenvalue weighted by Crippen LogP contribution is 2.25. The zero-order valence-electron chi connectivity index (χ0n) is 11.6. The molecule has 1 heterocycles. The molecule has 0 N–H and O–H groups in total. The molecule has 0 saturated heterocycles. The van der Waals surface area contributed by atoms with Crippen LogP contribution in [0.3, 0.4) is 0 Å². The van der Waals surface area contributed by atoms with Crippen LogP contribution in [-0.4, -0.2) is 31.2 Å². The molecular formula is C14H16ClN3O2. The fraction of sp³-hybridized carbons (Fsp3) is 0.286. The molecular weight excluding hydrogens is 278 g/mol. The lowest BCUT2D eigenvalue weighted by Crippen LogP contribution is -2.13. The van der Waals surface area contributed by atoms with Gasteiger partial charge in [0.1, 0.15) is 23.3 Å². The van der Waals surface area contributed by atoms with Crippen molar-refractivity contribution in [1.82, 2.24) is 9.97 Å². The van der Waals surface area contributed by atoms with E-state index in [9.17, 15) is 0 Å². The van der Waals surface area contributed by atoms with Crippen LogP contribution >= 0.6 is 11.6 Å². The fourth-order valence-corrected chi connectivity index (χ4v) is 1.95. The standard InChI is InChI=1S/C14H16ClN3O2/c1-18(10-4-6-11(20-3)7-5-10)14-8-12(15)16-13(17-14)9-19-2/h4-8H,9H2,1-3H3. The van der Waals surface area contributed by atoms with Crippen LogP contribution in [0.15, 0.2) is 30.3 Å². The molecule has 0 saturated carbocycles. The van der Waals surface area contributed by atoms with E-state index in [1.54, 1.807) is 20.3 Å². The van der Waals surface area contributed by atoms with E-state index >= 15 is 0 Å². The Labute approximate surface area is 123 Å². The van der Waals surface area contributed by atoms with Gasteiger partial charge in [0.2, 0.25) is 0 Å². The van der Waals surface area contributed by atoms with Crippen molar-refractivity contribution in [1.29, 1.82) is 0 Å². The summed E-state index contributed by atoms with van der Waals surface area (Å²) in [5, 5.41) is 0.391. The summed E-state index contributed by atoms with van der Waals surface area (Å²) in [7, 11) is 5.15. The summed E-state index contributed by atoms with van der Waals surface area (Å²) in [5.74, 6) is 2.07. The van der Waals surface area contributed by atoms with Gasteiger partial charge in [0.15, 0.2) is 5.82 Å². The van der Waals surface area contributed by atoms with E-state index in [0.29, 0.717) is 23.4 Å². The quantitative estimate of drug-likeness (QED) is 0.793. The van der Waals surface area contributed by atoms with Gasteiger partial charge >= 0.3 is 0 Å². The van der Waals surface area contributed by atoms with E-state index in [1.165, 1.54) is 0 Å². The topological polar surface area (TPSA) is 47.5 Å². The Bertz CT molecular complexity index is 575. The Balaban J connectivity index is 2.29. The first-order chi connectivity index (χ1) is 9.63. The molecule has 2 rings (SSSR count). The Morgan fingerprint density at radius 1 is 1.15 bits per heavy atom. The number of nitrogens with zero attached hydrogens (tertiary/aromatic N) is 3. The lowest BCUT2D eigenvalue weighted by atomic mass is 10.3. The molecule has 0 unspecified atom stereocenters. The molecule has 1 aromatic heterocycles. The number of hydrogen-bond donors (Lipinski definition) is 0. The highest BCUT2D eigenvalue weighted by atomic mass is 35.5. The van der Waals surface area contributed by atoms with Gasteiger partial charge in [-0.25, -0.2) is 9.97 Å². The van der Waals surface area contributed by atoms with Crippen LogP contribution in [0.4, 0.5) is 11.5 Å². The van der Waals surface area contributed by atoms with Crippen LogP contribution in [0.5, 0.6) is 5.75 Å². The van der Waals surface area contributed by atoms with E-state index in [4.69, 9.17) is 21.1 Å². The summed E-state index contributed by atoms with van der Waals surface area (Å²) < 4.78 is 10.2. The van der Waals surface area contributed by atoms with Gasteiger partial charge in [-0.1, -0.05) is 11.6 Å². The highest BCUT2D eigenvalue weighted by Gasteiger charge is 2.09. The van der Waals surface area contributed by atoms with Crippen LogP contribution in [0.1, 0.15) is 5.82 Å². The van der Waals surface area contributed by atoms with Crippen molar-refractivity contribution in [2.45, 2.75) is 6.61 Å². The molecule has 0 radical (unpaired) electrons. The summed E-state index contributed by atoms with van der Waals surface area (Å²) in [5.41, 5.74) is 0.976. The van der Waals surface area contributed by atoms with Crippen molar-refractivity contribution in [3.63, 3.8) is 0 Å². The molecule has 0 bridgehead atoms. The van der Waals surface area contributed by atoms with Crippen molar-refractivity contribution >= 4 is 23.1 Å². The lowest BCUT2D eigenvalue weighted by Gasteiger charge is -2.19. The van der Waals surface area contributed by atoms with E-state index in [-0.39, 0.29) is 0 Å². The summed E-state index contributed by atoms with van der Waals surface area (Å²) in [6, 6.07) is 9.40. The van der Waals surface area contributed by atoms with Gasteiger partial charge in [-0.2, -0.15) is 0 Å². The molecule has 106 valence electrons. The SMILES string of the molecule is COCc1nc(Cl)cc(N(C)c2ccc(OC)cc2)n1. The van der Waals surface area contributed by atoms with Crippen LogP contribution < -0.4 is 9.64 Å². The number of methoxy groups -OCH3 is 2. The van der Waals surface area contributed by atoms with Gasteiger partial charge in [0.05, 0.1) is 7.11 Å². The highest BCUT2D eigenvalue weighted by molar-refractivity contribution is 6.29. The first-order valence-electron chi connectivity index (χ1n) is 6.04. The van der Waals surface area contributed by atoms with Gasteiger partial charge in [-0.3, -0.25) is 0 Å². The smallest absolute Gasteiger partial charge is 0.158 e. The molecule has 0 fully saturated rings. The zero-order chi connectivity index (χ0) is 14.5. The van der Waals surface area contributed by atoms with Gasteiger partial charge < -0.3 is 14.4 Å². The first kappa shape index (κ1) is 14.6. The van der Waals surface area contributed by atoms with Crippen molar-refractivity contribution in [2.75, 3.05) is 26.2 Å². The Kier molecular flexibility index (Phi) is 4.76. The van der Waals surface area contributed by atoms with Gasteiger partial charge in [-0.15, -0.1) is 0 Å². The summed E-state index contributed by atoms with van der Waals surface area (Å²) >= 11 is 6.01. The normalized spacial score (nSPS) is 10.4. The summed E-state index contributed by atoms with van der Waals surface area (Å²) in [6.07, 6.45) is 0. The molecule has 0 aliphatic heterocycles. The van der Waals surface area contributed by atoms with E-state index in [0.717, 1.165) is 11.4 Å². The number of ether oxygens (including phenoxy) is 2. The molecule has 2 aromatic rings. The van der Waals surface area contributed by atoms with Crippen LogP contribution in [-0.2, 0) is 11.3 Å². The molecule has 20 heavy (non-hydrogen) atoms. The molecule has 0 spiro atoms. The molecule has 0 amide bonds. The van der Waals surface area contributed by atoms with Crippen molar-refractivity contribution in [2.24, 2.45) is 0 Å². The first-order valence-corrected chi connectivity index (χ1v) is 6.42. The van der Waals surface area contributed by atoms with Crippen LogP contribution in [0.25, 0.3) is 0 Å². The van der Waals surface area contributed by atoms with E-state index in [1.807, 2.05) is 36.2 Å². The summed E-state index contributed by atoms with van der Waals surface area (Å²) in [6.45, 7) is 0.323. The van der Waals surface area contributed by atoms with E-state index < -0.39 is 0 Å². The third-order valence-electron chi connectivity index (χ3n) is 2.80. The monoisotopic (exact) mass is 293 g/mol. The van der Waals surface area contributed by atoms with Gasteiger partial charge in [0, 0.05) is 25.9 Å². The Morgan fingerprint density at radius 2 is 1.85 bits per heavy atom. The minimum Gasteiger partial charge on any atom is -0.497 e. The maximum absolute atomic E-state index is 6.01. The molecule has 0 aliphatic rings. The minimum absolute atomic E-state index is 0.323. The average Bonchev–Trinajstić information content (AvgIpc) is 2.46. The number of aromatic nitrogens is 2. The number of hydrogen-bond acceptors (Lipinski definition) is 5. The second-order valence-corrected chi connectivity index (χ2v) is 4.54. The van der Waals surface area contributed by atoms with Crippen molar-refractivity contribution in [3.8, 4) is 5.75 Å². The molecule has 0 atom stereocenters. The fourth-order valence-electron chi connectivity index (χ4n) is 1.76. The number of anilines is 2. The van der Waals surface area contributed by atoms with Crippen LogP contribution in [0.2, 0.25) is 5.15 Å². The Hall–Kier alpha value is -1.85. The Morgan fingerprint density at radius 3 is 2.45 bits per heavy atom. The molecule has 1 aromatic carbocycles. The minimum atomic E-state index is 0.323. The summed E-state index contributed by atoms with van der Waals surface area (Å²) in [4.78, 5) is 10.4. The predicted octanol–water partition coefficient (Wildman–Crippen LogP) is 3.05. The molecule has 6 heteroatoms. The molecule has 0 aliphatic carbocycles. The third-order valence-corrected chi connectivity index (χ3v) is 3.00. The van der Waals surface area contributed by atoms with Crippen molar-refractivity contribution < 1.29 is 9.47 Å². The van der Waals surface area contributed by atoms with Gasteiger partial charge in [0.25, 0.3) is 0 Å².